The van der Waals surface area contributed by atoms with Gasteiger partial charge in [-0.1, -0.05) is 30.3 Å². The second kappa shape index (κ2) is 8.26. The molecule has 0 bridgehead atoms. The van der Waals surface area contributed by atoms with Gasteiger partial charge in [-0.25, -0.2) is 0 Å². The topological polar surface area (TPSA) is 57.1 Å². The fourth-order valence-electron chi connectivity index (χ4n) is 3.47. The van der Waals surface area contributed by atoms with Crippen LogP contribution in [0.1, 0.15) is 50.1 Å². The molecular formula is C20H26N4O. The third kappa shape index (κ3) is 4.90. The lowest BCUT2D eigenvalue weighted by Crippen LogP contribution is -2.37. The average molecular weight is 338 g/mol. The summed E-state index contributed by atoms with van der Waals surface area (Å²) in [6.07, 6.45) is 10.3. The van der Waals surface area contributed by atoms with Crippen molar-refractivity contribution in [1.29, 1.82) is 0 Å². The summed E-state index contributed by atoms with van der Waals surface area (Å²) in [5, 5.41) is 11.3. The summed E-state index contributed by atoms with van der Waals surface area (Å²) in [7, 11) is 0. The van der Waals surface area contributed by atoms with Crippen molar-refractivity contribution in [2.24, 2.45) is 10.2 Å². The van der Waals surface area contributed by atoms with Crippen LogP contribution in [0.5, 0.6) is 0 Å². The summed E-state index contributed by atoms with van der Waals surface area (Å²) in [5.41, 5.74) is 0.889. The number of carbonyl (C=O) groups is 1. The summed E-state index contributed by atoms with van der Waals surface area (Å²) in [6, 6.07) is 10.7. The molecule has 0 radical (unpaired) electrons. The number of rotatable bonds is 9. The maximum atomic E-state index is 12.3. The largest absolute Gasteiger partial charge is 0.354 e. The summed E-state index contributed by atoms with van der Waals surface area (Å²) >= 11 is 0. The number of nitrogens with zero attached hydrogens (tertiary/aromatic N) is 3. The lowest BCUT2D eigenvalue weighted by molar-refractivity contribution is -0.121. The molecule has 5 nitrogen and oxygen atoms in total. The van der Waals surface area contributed by atoms with Crippen molar-refractivity contribution in [3.8, 4) is 12.3 Å². The fraction of sp³-hybridized carbons (Fsp3) is 0.550. The third-order valence-electron chi connectivity index (χ3n) is 5.06. The van der Waals surface area contributed by atoms with Gasteiger partial charge in [-0.2, -0.15) is 10.2 Å². The van der Waals surface area contributed by atoms with Crippen LogP contribution in [-0.2, 0) is 4.79 Å². The van der Waals surface area contributed by atoms with E-state index < -0.39 is 0 Å². The first-order valence-electron chi connectivity index (χ1n) is 9.16. The van der Waals surface area contributed by atoms with Crippen molar-refractivity contribution >= 4 is 5.91 Å². The Bertz CT molecular complexity index is 637. The number of nitrogens with one attached hydrogen (secondary N) is 1. The van der Waals surface area contributed by atoms with Crippen molar-refractivity contribution in [3.05, 3.63) is 35.9 Å². The van der Waals surface area contributed by atoms with Gasteiger partial charge < -0.3 is 5.32 Å². The highest BCUT2D eigenvalue weighted by atomic mass is 16.1. The maximum absolute atomic E-state index is 12.3. The van der Waals surface area contributed by atoms with Crippen LogP contribution in [0, 0.1) is 12.3 Å². The molecule has 2 aliphatic rings. The van der Waals surface area contributed by atoms with Gasteiger partial charge in [0.05, 0.1) is 6.04 Å². The van der Waals surface area contributed by atoms with Crippen LogP contribution >= 0.6 is 0 Å². The molecule has 3 rings (SSSR count). The molecule has 0 aromatic heterocycles. The van der Waals surface area contributed by atoms with Gasteiger partial charge in [0.15, 0.2) is 5.66 Å². The van der Waals surface area contributed by atoms with Crippen molar-refractivity contribution in [1.82, 2.24) is 10.2 Å². The van der Waals surface area contributed by atoms with Gasteiger partial charge >= 0.3 is 0 Å². The van der Waals surface area contributed by atoms with Gasteiger partial charge in [-0.15, -0.1) is 12.3 Å². The number of terminal acetylenes is 1. The summed E-state index contributed by atoms with van der Waals surface area (Å²) < 4.78 is 0. The van der Waals surface area contributed by atoms with Crippen LogP contribution in [0.4, 0.5) is 0 Å². The predicted octanol–water partition coefficient (Wildman–Crippen LogP) is 3.30. The van der Waals surface area contributed by atoms with Crippen LogP contribution in [-0.4, -0.2) is 36.1 Å². The molecule has 2 aliphatic heterocycles. The Morgan fingerprint density at radius 1 is 1.24 bits per heavy atom. The third-order valence-corrected chi connectivity index (χ3v) is 5.06. The normalized spacial score (nSPS) is 19.3. The van der Waals surface area contributed by atoms with Gasteiger partial charge in [-0.3, -0.25) is 9.69 Å². The van der Waals surface area contributed by atoms with E-state index >= 15 is 0 Å². The molecule has 1 aromatic rings. The second-order valence-electron chi connectivity index (χ2n) is 6.86. The van der Waals surface area contributed by atoms with E-state index in [1.54, 1.807) is 0 Å². The summed E-state index contributed by atoms with van der Waals surface area (Å²) in [4.78, 5) is 14.8. The molecule has 1 amide bonds. The average Bonchev–Trinajstić information content (AvgIpc) is 3.22. The Labute approximate surface area is 149 Å². The number of carbonyl (C=O) groups excluding carboxylic acids is 1. The quantitative estimate of drug-likeness (QED) is 0.702. The monoisotopic (exact) mass is 338 g/mol. The second-order valence-corrected chi connectivity index (χ2v) is 6.86. The molecule has 0 spiro atoms. The molecule has 1 unspecified atom stereocenters. The Morgan fingerprint density at radius 3 is 2.60 bits per heavy atom. The zero-order chi connectivity index (χ0) is 17.5. The van der Waals surface area contributed by atoms with E-state index in [1.807, 2.05) is 6.07 Å². The minimum Gasteiger partial charge on any atom is -0.354 e. The number of benzene rings is 1. The molecule has 132 valence electrons. The van der Waals surface area contributed by atoms with E-state index in [9.17, 15) is 4.79 Å². The molecule has 25 heavy (non-hydrogen) atoms. The number of hydrogen-bond donors (Lipinski definition) is 1. The van der Waals surface area contributed by atoms with E-state index in [1.165, 1.54) is 18.4 Å². The van der Waals surface area contributed by atoms with Gasteiger partial charge in [-0.05, 0) is 31.5 Å². The Kier molecular flexibility index (Phi) is 5.83. The van der Waals surface area contributed by atoms with E-state index in [0.29, 0.717) is 25.8 Å². The first kappa shape index (κ1) is 17.6. The first-order valence-corrected chi connectivity index (χ1v) is 9.16. The minimum absolute atomic E-state index is 0.0671. The van der Waals surface area contributed by atoms with E-state index in [4.69, 9.17) is 6.42 Å². The molecule has 1 saturated heterocycles. The van der Waals surface area contributed by atoms with Gasteiger partial charge in [0, 0.05) is 32.2 Å². The van der Waals surface area contributed by atoms with E-state index in [0.717, 1.165) is 19.5 Å². The van der Waals surface area contributed by atoms with E-state index in [2.05, 4.69) is 50.6 Å². The molecule has 1 fully saturated rings. The summed E-state index contributed by atoms with van der Waals surface area (Å²) in [6.45, 7) is 2.85. The molecular weight excluding hydrogens is 312 g/mol. The fourth-order valence-corrected chi connectivity index (χ4v) is 3.47. The molecule has 0 saturated carbocycles. The van der Waals surface area contributed by atoms with Gasteiger partial charge in [0.2, 0.25) is 5.91 Å². The minimum atomic E-state index is -0.377. The molecule has 0 aliphatic carbocycles. The highest BCUT2D eigenvalue weighted by molar-refractivity contribution is 5.76. The number of likely N-dealkylation sites (tertiary alicyclic amines) is 1. The van der Waals surface area contributed by atoms with Crippen molar-refractivity contribution in [3.63, 3.8) is 0 Å². The highest BCUT2D eigenvalue weighted by Crippen LogP contribution is 2.37. The van der Waals surface area contributed by atoms with Crippen molar-refractivity contribution < 1.29 is 4.79 Å². The Morgan fingerprint density at radius 2 is 1.96 bits per heavy atom. The SMILES string of the molecule is C#CCCC1(CCC(=O)NCC(c2ccccc2)N2CCCC2)N=N1. The van der Waals surface area contributed by atoms with Gasteiger partial charge in [0.1, 0.15) is 0 Å². The molecule has 2 heterocycles. The van der Waals surface area contributed by atoms with Crippen LogP contribution in [0.25, 0.3) is 0 Å². The van der Waals surface area contributed by atoms with E-state index in [-0.39, 0.29) is 17.6 Å². The van der Waals surface area contributed by atoms with Crippen LogP contribution in [0.15, 0.2) is 40.6 Å². The molecule has 1 atom stereocenters. The predicted molar refractivity (Wildman–Crippen MR) is 97.9 cm³/mol. The zero-order valence-electron chi connectivity index (χ0n) is 14.7. The van der Waals surface area contributed by atoms with Crippen LogP contribution in [0.3, 0.4) is 0 Å². The smallest absolute Gasteiger partial charge is 0.220 e. The maximum Gasteiger partial charge on any atom is 0.220 e. The molecule has 1 aromatic carbocycles. The Hall–Kier alpha value is -2.19. The highest BCUT2D eigenvalue weighted by Gasteiger charge is 2.39. The Balaban J connectivity index is 1.49. The summed E-state index contributed by atoms with van der Waals surface area (Å²) in [5.74, 6) is 2.68. The van der Waals surface area contributed by atoms with Crippen molar-refractivity contribution in [2.75, 3.05) is 19.6 Å². The van der Waals surface area contributed by atoms with Crippen molar-refractivity contribution in [2.45, 2.75) is 50.2 Å². The molecule has 1 N–H and O–H groups in total. The standard InChI is InChI=1S/C20H26N4O/c1-2-3-12-20(22-23-20)13-11-19(25)21-16-18(24-14-7-8-15-24)17-9-5-4-6-10-17/h1,4-6,9-10,18H,3,7-8,11-16H2,(H,21,25). The first-order chi connectivity index (χ1) is 12.2. The molecule has 5 heteroatoms. The number of amides is 1. The van der Waals surface area contributed by atoms with Crippen LogP contribution < -0.4 is 5.32 Å². The lowest BCUT2D eigenvalue weighted by Gasteiger charge is -2.28. The lowest BCUT2D eigenvalue weighted by atomic mass is 10.0. The van der Waals surface area contributed by atoms with Gasteiger partial charge in [0.25, 0.3) is 0 Å². The zero-order valence-corrected chi connectivity index (χ0v) is 14.7. The van der Waals surface area contributed by atoms with Crippen LogP contribution in [0.2, 0.25) is 0 Å². The number of hydrogen-bond acceptors (Lipinski definition) is 4.